The van der Waals surface area contributed by atoms with Crippen molar-refractivity contribution >= 4 is 37.6 Å². The number of nitrogens with two attached hydrogens (primary N) is 1. The molecule has 5 heteroatoms. The molecule has 0 saturated carbocycles. The van der Waals surface area contributed by atoms with Gasteiger partial charge < -0.3 is 5.73 Å². The first-order valence-corrected chi connectivity index (χ1v) is 5.91. The molecule has 0 amide bonds. The van der Waals surface area contributed by atoms with Crippen LogP contribution in [0.25, 0.3) is 20.4 Å². The minimum Gasteiger partial charge on any atom is -0.382 e. The molecule has 16 heavy (non-hydrogen) atoms. The zero-order valence-electron chi connectivity index (χ0n) is 9.14. The van der Waals surface area contributed by atoms with E-state index in [9.17, 15) is 0 Å². The summed E-state index contributed by atoms with van der Waals surface area (Å²) in [4.78, 5) is 13.4. The summed E-state index contributed by atoms with van der Waals surface area (Å²) in [5.41, 5.74) is 6.65. The molecule has 0 aliphatic heterocycles. The number of hydrogen-bond acceptors (Lipinski definition) is 5. The Morgan fingerprint density at radius 3 is 2.81 bits per heavy atom. The van der Waals surface area contributed by atoms with E-state index in [2.05, 4.69) is 15.0 Å². The Bertz CT molecular complexity index is 617. The maximum absolute atomic E-state index is 5.75. The molecule has 0 bridgehead atoms. The van der Waals surface area contributed by atoms with Gasteiger partial charge in [-0.1, -0.05) is 13.8 Å². The molecule has 3 rings (SSSR count). The second-order valence-electron chi connectivity index (χ2n) is 2.89. The molecule has 0 aromatic carbocycles. The van der Waals surface area contributed by atoms with Crippen molar-refractivity contribution in [2.45, 2.75) is 13.8 Å². The van der Waals surface area contributed by atoms with Crippen LogP contribution in [0.5, 0.6) is 0 Å². The van der Waals surface area contributed by atoms with E-state index in [-0.39, 0.29) is 0 Å². The summed E-state index contributed by atoms with van der Waals surface area (Å²) in [6.07, 6.45) is 3.25. The number of hydrogen-bond donors (Lipinski definition) is 1. The van der Waals surface area contributed by atoms with Gasteiger partial charge in [0.2, 0.25) is 0 Å². The number of rotatable bonds is 0. The summed E-state index contributed by atoms with van der Waals surface area (Å²) in [7, 11) is 0. The van der Waals surface area contributed by atoms with E-state index in [1.165, 1.54) is 17.7 Å². The summed E-state index contributed by atoms with van der Waals surface area (Å²) in [6, 6.07) is 3.89. The highest BCUT2D eigenvalue weighted by Gasteiger charge is 2.08. The van der Waals surface area contributed by atoms with E-state index < -0.39 is 0 Å². The quantitative estimate of drug-likeness (QED) is 0.647. The molecular formula is C11H12N4S. The number of anilines is 1. The van der Waals surface area contributed by atoms with Gasteiger partial charge in [0.25, 0.3) is 0 Å². The highest BCUT2D eigenvalue weighted by Crippen LogP contribution is 2.32. The summed E-state index contributed by atoms with van der Waals surface area (Å²) in [5, 5.41) is 1.04. The van der Waals surface area contributed by atoms with E-state index >= 15 is 0 Å². The largest absolute Gasteiger partial charge is 0.382 e. The third-order valence-electron chi connectivity index (χ3n) is 2.06. The SMILES string of the molecule is CC.Nc1ncnc2c1sc1ncccc12. The first kappa shape index (κ1) is 10.8. The lowest BCUT2D eigenvalue weighted by molar-refractivity contribution is 1.24. The van der Waals surface area contributed by atoms with Gasteiger partial charge in [-0.25, -0.2) is 15.0 Å². The lowest BCUT2D eigenvalue weighted by atomic mass is 10.3. The average Bonchev–Trinajstić information content (AvgIpc) is 2.72. The Hall–Kier alpha value is -1.75. The van der Waals surface area contributed by atoms with Gasteiger partial charge >= 0.3 is 0 Å². The van der Waals surface area contributed by atoms with E-state index in [0.717, 1.165) is 20.4 Å². The van der Waals surface area contributed by atoms with Gasteiger partial charge in [0.1, 0.15) is 17.0 Å². The van der Waals surface area contributed by atoms with Gasteiger partial charge in [0, 0.05) is 11.6 Å². The fourth-order valence-electron chi connectivity index (χ4n) is 1.43. The van der Waals surface area contributed by atoms with Gasteiger partial charge in [0.05, 0.1) is 10.2 Å². The molecule has 0 aliphatic carbocycles. The molecule has 4 nitrogen and oxygen atoms in total. The topological polar surface area (TPSA) is 64.7 Å². The van der Waals surface area contributed by atoms with Crippen LogP contribution in [0, 0.1) is 0 Å². The predicted octanol–water partition coefficient (Wildman–Crippen LogP) is 2.85. The number of aromatic nitrogens is 3. The van der Waals surface area contributed by atoms with Crippen LogP contribution in [0.15, 0.2) is 24.7 Å². The van der Waals surface area contributed by atoms with Crippen molar-refractivity contribution in [3.05, 3.63) is 24.7 Å². The summed E-state index contributed by atoms with van der Waals surface area (Å²) in [6.45, 7) is 4.00. The molecule has 0 unspecified atom stereocenters. The average molecular weight is 232 g/mol. The smallest absolute Gasteiger partial charge is 0.144 e. The molecular weight excluding hydrogens is 220 g/mol. The fourth-order valence-corrected chi connectivity index (χ4v) is 2.43. The zero-order chi connectivity index (χ0) is 11.5. The molecule has 3 aromatic rings. The van der Waals surface area contributed by atoms with Crippen LogP contribution in [0.4, 0.5) is 5.82 Å². The maximum atomic E-state index is 5.75. The van der Waals surface area contributed by atoms with Crippen molar-refractivity contribution in [3.8, 4) is 0 Å². The van der Waals surface area contributed by atoms with Gasteiger partial charge in [0.15, 0.2) is 0 Å². The molecule has 0 radical (unpaired) electrons. The van der Waals surface area contributed by atoms with Crippen LogP contribution in [0.2, 0.25) is 0 Å². The van der Waals surface area contributed by atoms with Crippen LogP contribution in [-0.4, -0.2) is 15.0 Å². The van der Waals surface area contributed by atoms with Crippen molar-refractivity contribution in [1.29, 1.82) is 0 Å². The highest BCUT2D eigenvalue weighted by molar-refractivity contribution is 7.25. The Kier molecular flexibility index (Phi) is 2.96. The number of fused-ring (bicyclic) bond motifs is 3. The number of thiophene rings is 1. The van der Waals surface area contributed by atoms with E-state index in [1.807, 2.05) is 26.0 Å². The maximum Gasteiger partial charge on any atom is 0.144 e. The van der Waals surface area contributed by atoms with Crippen LogP contribution in [0.3, 0.4) is 0 Å². The zero-order valence-corrected chi connectivity index (χ0v) is 9.95. The summed E-state index contributed by atoms with van der Waals surface area (Å²) < 4.78 is 0.918. The lowest BCUT2D eigenvalue weighted by Crippen LogP contribution is -1.89. The van der Waals surface area contributed by atoms with Crippen molar-refractivity contribution in [1.82, 2.24) is 15.0 Å². The van der Waals surface area contributed by atoms with Gasteiger partial charge in [-0.2, -0.15) is 0 Å². The number of nitrogens with zero attached hydrogens (tertiary/aromatic N) is 3. The Morgan fingerprint density at radius 1 is 1.19 bits per heavy atom. The minimum absolute atomic E-state index is 0.526. The van der Waals surface area contributed by atoms with Crippen LogP contribution < -0.4 is 5.73 Å². The molecule has 0 saturated heterocycles. The van der Waals surface area contributed by atoms with E-state index in [0.29, 0.717) is 5.82 Å². The molecule has 3 aromatic heterocycles. The van der Waals surface area contributed by atoms with Crippen molar-refractivity contribution in [2.75, 3.05) is 5.73 Å². The van der Waals surface area contributed by atoms with E-state index in [1.54, 1.807) is 6.20 Å². The van der Waals surface area contributed by atoms with Crippen LogP contribution >= 0.6 is 11.3 Å². The van der Waals surface area contributed by atoms with Crippen LogP contribution in [0.1, 0.15) is 13.8 Å². The van der Waals surface area contributed by atoms with Crippen molar-refractivity contribution < 1.29 is 0 Å². The van der Waals surface area contributed by atoms with Gasteiger partial charge in [-0.05, 0) is 12.1 Å². The van der Waals surface area contributed by atoms with Gasteiger partial charge in [-0.3, -0.25) is 0 Å². The second-order valence-corrected chi connectivity index (χ2v) is 3.89. The molecule has 0 atom stereocenters. The van der Waals surface area contributed by atoms with Crippen LogP contribution in [-0.2, 0) is 0 Å². The van der Waals surface area contributed by atoms with Crippen molar-refractivity contribution in [3.63, 3.8) is 0 Å². The lowest BCUT2D eigenvalue weighted by Gasteiger charge is -1.91. The first-order chi connectivity index (χ1) is 7.86. The van der Waals surface area contributed by atoms with Crippen molar-refractivity contribution in [2.24, 2.45) is 0 Å². The molecule has 0 fully saturated rings. The molecule has 2 N–H and O–H groups in total. The monoisotopic (exact) mass is 232 g/mol. The summed E-state index contributed by atoms with van der Waals surface area (Å²) in [5.74, 6) is 0.526. The second kappa shape index (κ2) is 4.40. The summed E-state index contributed by atoms with van der Waals surface area (Å²) >= 11 is 1.53. The third-order valence-corrected chi connectivity index (χ3v) is 3.18. The number of nitrogen functional groups attached to an aromatic ring is 1. The van der Waals surface area contributed by atoms with E-state index in [4.69, 9.17) is 5.73 Å². The standard InChI is InChI=1S/C9H6N4S.C2H6/c10-8-7-6(12-4-13-8)5-2-1-3-11-9(5)14-7;1-2/h1-4H,(H2,10,12,13);1-2H3. The normalized spacial score (nSPS) is 10.1. The highest BCUT2D eigenvalue weighted by atomic mass is 32.1. The minimum atomic E-state index is 0.526. The van der Waals surface area contributed by atoms with Gasteiger partial charge in [-0.15, -0.1) is 11.3 Å². The Morgan fingerprint density at radius 2 is 2.00 bits per heavy atom. The molecule has 0 aliphatic rings. The predicted molar refractivity (Wildman–Crippen MR) is 68.5 cm³/mol. The Balaban J connectivity index is 0.000000457. The first-order valence-electron chi connectivity index (χ1n) is 5.10. The molecule has 82 valence electrons. The molecule has 3 heterocycles. The number of pyridine rings is 1. The fraction of sp³-hybridized carbons (Fsp3) is 0.182. The third kappa shape index (κ3) is 1.59. The Labute approximate surface area is 97.2 Å². The molecule has 0 spiro atoms.